The molecule has 0 aliphatic heterocycles. The van der Waals surface area contributed by atoms with Crippen molar-refractivity contribution in [3.05, 3.63) is 28.2 Å². The van der Waals surface area contributed by atoms with Crippen LogP contribution in [0.2, 0.25) is 0 Å². The minimum atomic E-state index is -3.85. The number of carbonyl (C=O) groups is 1. The Morgan fingerprint density at radius 1 is 1.40 bits per heavy atom. The first-order valence-electron chi connectivity index (χ1n) is 6.39. The van der Waals surface area contributed by atoms with Gasteiger partial charge in [-0.15, -0.1) is 0 Å². The van der Waals surface area contributed by atoms with Gasteiger partial charge in [-0.3, -0.25) is 4.79 Å². The van der Waals surface area contributed by atoms with Gasteiger partial charge in [-0.25, -0.2) is 8.42 Å². The van der Waals surface area contributed by atoms with Crippen LogP contribution in [0.1, 0.15) is 36.5 Å². The van der Waals surface area contributed by atoms with Crippen LogP contribution in [0.4, 0.5) is 0 Å². The Bertz CT molecular complexity index is 629. The third kappa shape index (κ3) is 3.74. The summed E-state index contributed by atoms with van der Waals surface area (Å²) in [5.41, 5.74) is 0.346. The molecule has 0 atom stereocenters. The molecule has 0 saturated heterocycles. The van der Waals surface area contributed by atoms with Crippen LogP contribution in [0.15, 0.2) is 27.6 Å². The predicted molar refractivity (Wildman–Crippen MR) is 81.5 cm³/mol. The zero-order valence-electron chi connectivity index (χ0n) is 11.0. The summed E-state index contributed by atoms with van der Waals surface area (Å²) in [6, 6.07) is 4.64. The summed E-state index contributed by atoms with van der Waals surface area (Å²) in [7, 11) is 1.50. The van der Waals surface area contributed by atoms with E-state index in [2.05, 4.69) is 15.9 Å². The first kappa shape index (κ1) is 15.8. The zero-order valence-corrected chi connectivity index (χ0v) is 14.1. The maximum atomic E-state index is 12.5. The van der Waals surface area contributed by atoms with E-state index in [1.165, 1.54) is 12.1 Å². The summed E-state index contributed by atoms with van der Waals surface area (Å²) in [5.74, 6) is -0.141. The maximum absolute atomic E-state index is 12.5. The minimum Gasteiger partial charge on any atom is -0.336 e. The Labute approximate surface area is 131 Å². The molecule has 0 radical (unpaired) electrons. The van der Waals surface area contributed by atoms with E-state index in [1.54, 1.807) is 6.07 Å². The molecule has 1 amide bonds. The third-order valence-electron chi connectivity index (χ3n) is 3.11. The predicted octanol–water partition coefficient (Wildman–Crippen LogP) is 3.39. The van der Waals surface area contributed by atoms with Crippen molar-refractivity contribution in [3.8, 4) is 0 Å². The van der Waals surface area contributed by atoms with Crippen LogP contribution in [0.5, 0.6) is 0 Å². The van der Waals surface area contributed by atoms with Gasteiger partial charge >= 0.3 is 0 Å². The van der Waals surface area contributed by atoms with Crippen LogP contribution in [0, 0.1) is 0 Å². The van der Waals surface area contributed by atoms with E-state index < -0.39 is 9.05 Å². The number of amides is 1. The summed E-state index contributed by atoms with van der Waals surface area (Å²) in [6.45, 7) is 2.69. The molecule has 1 aliphatic rings. The summed E-state index contributed by atoms with van der Waals surface area (Å²) < 4.78 is 23.4. The van der Waals surface area contributed by atoms with Crippen molar-refractivity contribution < 1.29 is 13.2 Å². The molecule has 4 nitrogen and oxygen atoms in total. The lowest BCUT2D eigenvalue weighted by atomic mass is 10.2. The Hall–Kier alpha value is -0.590. The molecule has 1 aliphatic carbocycles. The van der Waals surface area contributed by atoms with Gasteiger partial charge in [0.15, 0.2) is 0 Å². The molecule has 0 bridgehead atoms. The highest BCUT2D eigenvalue weighted by Gasteiger charge is 2.32. The number of carbonyl (C=O) groups excluding carboxylic acids is 1. The number of rotatable bonds is 5. The van der Waals surface area contributed by atoms with E-state index in [0.29, 0.717) is 16.6 Å². The SMILES string of the molecule is CCCN(C(=O)c1cc(Br)cc(S(=O)(=O)Cl)c1)C1CC1. The van der Waals surface area contributed by atoms with Crippen molar-refractivity contribution in [1.82, 2.24) is 4.90 Å². The van der Waals surface area contributed by atoms with E-state index in [-0.39, 0.29) is 16.8 Å². The number of hydrogen-bond acceptors (Lipinski definition) is 3. The lowest BCUT2D eigenvalue weighted by Gasteiger charge is -2.22. The number of halogens is 2. The van der Waals surface area contributed by atoms with E-state index in [1.807, 2.05) is 11.8 Å². The lowest BCUT2D eigenvalue weighted by molar-refractivity contribution is 0.0743. The second kappa shape index (κ2) is 6.03. The molecule has 0 aromatic heterocycles. The molecule has 1 aromatic carbocycles. The average molecular weight is 381 g/mol. The van der Waals surface area contributed by atoms with Gasteiger partial charge in [0.1, 0.15) is 0 Å². The molecule has 1 fully saturated rings. The quantitative estimate of drug-likeness (QED) is 0.736. The van der Waals surface area contributed by atoms with Crippen molar-refractivity contribution in [2.24, 2.45) is 0 Å². The topological polar surface area (TPSA) is 54.5 Å². The lowest BCUT2D eigenvalue weighted by Crippen LogP contribution is -2.33. The monoisotopic (exact) mass is 379 g/mol. The van der Waals surface area contributed by atoms with Crippen LogP contribution in [-0.4, -0.2) is 31.8 Å². The Morgan fingerprint density at radius 3 is 2.55 bits per heavy atom. The van der Waals surface area contributed by atoms with Gasteiger partial charge in [0.2, 0.25) is 0 Å². The number of hydrogen-bond donors (Lipinski definition) is 0. The fourth-order valence-electron chi connectivity index (χ4n) is 2.07. The summed E-state index contributed by atoms with van der Waals surface area (Å²) in [6.07, 6.45) is 2.90. The number of nitrogens with zero attached hydrogens (tertiary/aromatic N) is 1. The molecule has 2 rings (SSSR count). The van der Waals surface area contributed by atoms with Gasteiger partial charge < -0.3 is 4.90 Å². The van der Waals surface area contributed by atoms with Gasteiger partial charge in [-0.1, -0.05) is 22.9 Å². The average Bonchev–Trinajstić information content (AvgIpc) is 3.17. The molecule has 0 N–H and O–H groups in total. The van der Waals surface area contributed by atoms with E-state index in [9.17, 15) is 13.2 Å². The minimum absolute atomic E-state index is 0.0656. The first-order chi connectivity index (χ1) is 9.32. The Balaban J connectivity index is 2.36. The van der Waals surface area contributed by atoms with Crippen molar-refractivity contribution >= 4 is 41.6 Å². The second-order valence-corrected chi connectivity index (χ2v) is 8.32. The van der Waals surface area contributed by atoms with E-state index >= 15 is 0 Å². The fourth-order valence-corrected chi connectivity index (χ4v) is 3.52. The summed E-state index contributed by atoms with van der Waals surface area (Å²) in [4.78, 5) is 14.3. The van der Waals surface area contributed by atoms with Gasteiger partial charge in [0.05, 0.1) is 4.90 Å². The third-order valence-corrected chi connectivity index (χ3v) is 4.90. The van der Waals surface area contributed by atoms with Crippen LogP contribution in [0.25, 0.3) is 0 Å². The van der Waals surface area contributed by atoms with Crippen LogP contribution >= 0.6 is 26.6 Å². The standard InChI is InChI=1S/C13H15BrClNO3S/c1-2-5-16(11-3-4-11)13(17)9-6-10(14)8-12(7-9)20(15,18)19/h6-8,11H,2-5H2,1H3. The van der Waals surface area contributed by atoms with Crippen molar-refractivity contribution in [1.29, 1.82) is 0 Å². The molecule has 0 unspecified atom stereocenters. The fraction of sp³-hybridized carbons (Fsp3) is 0.462. The van der Waals surface area contributed by atoms with Crippen LogP contribution in [-0.2, 0) is 9.05 Å². The van der Waals surface area contributed by atoms with Crippen molar-refractivity contribution in [2.45, 2.75) is 37.1 Å². The highest BCUT2D eigenvalue weighted by molar-refractivity contribution is 9.10. The Kier molecular flexibility index (Phi) is 4.76. The van der Waals surface area contributed by atoms with Crippen molar-refractivity contribution in [2.75, 3.05) is 6.54 Å². The normalized spacial score (nSPS) is 15.2. The molecule has 7 heteroatoms. The maximum Gasteiger partial charge on any atom is 0.261 e. The van der Waals surface area contributed by atoms with Crippen LogP contribution in [0.3, 0.4) is 0 Å². The van der Waals surface area contributed by atoms with Crippen LogP contribution < -0.4 is 0 Å². The molecular weight excluding hydrogens is 366 g/mol. The summed E-state index contributed by atoms with van der Waals surface area (Å²) in [5, 5.41) is 0. The highest BCUT2D eigenvalue weighted by atomic mass is 79.9. The van der Waals surface area contributed by atoms with Gasteiger partial charge in [0.25, 0.3) is 15.0 Å². The smallest absolute Gasteiger partial charge is 0.261 e. The van der Waals surface area contributed by atoms with Gasteiger partial charge in [0, 0.05) is 33.3 Å². The molecule has 1 saturated carbocycles. The number of benzene rings is 1. The summed E-state index contributed by atoms with van der Waals surface area (Å²) >= 11 is 3.22. The zero-order chi connectivity index (χ0) is 14.9. The van der Waals surface area contributed by atoms with Gasteiger partial charge in [-0.05, 0) is 37.5 Å². The van der Waals surface area contributed by atoms with E-state index in [4.69, 9.17) is 10.7 Å². The molecule has 110 valence electrons. The van der Waals surface area contributed by atoms with Gasteiger partial charge in [-0.2, -0.15) is 0 Å². The van der Waals surface area contributed by atoms with Crippen molar-refractivity contribution in [3.63, 3.8) is 0 Å². The molecular formula is C13H15BrClNO3S. The molecule has 0 heterocycles. The van der Waals surface area contributed by atoms with E-state index in [0.717, 1.165) is 19.3 Å². The molecule has 0 spiro atoms. The second-order valence-electron chi connectivity index (χ2n) is 4.84. The highest BCUT2D eigenvalue weighted by Crippen LogP contribution is 2.30. The Morgan fingerprint density at radius 2 is 2.05 bits per heavy atom. The largest absolute Gasteiger partial charge is 0.336 e. The molecule has 20 heavy (non-hydrogen) atoms. The molecule has 1 aromatic rings. The first-order valence-corrected chi connectivity index (χ1v) is 9.49.